The van der Waals surface area contributed by atoms with Gasteiger partial charge in [0.1, 0.15) is 5.82 Å². The van der Waals surface area contributed by atoms with E-state index in [2.05, 4.69) is 15.2 Å². The van der Waals surface area contributed by atoms with Crippen molar-refractivity contribution >= 4 is 40.6 Å². The van der Waals surface area contributed by atoms with Crippen LogP contribution in [0.1, 0.15) is 5.56 Å². The van der Waals surface area contributed by atoms with E-state index in [4.69, 9.17) is 39.5 Å². The van der Waals surface area contributed by atoms with Gasteiger partial charge >= 0.3 is 0 Å². The summed E-state index contributed by atoms with van der Waals surface area (Å²) in [5.41, 5.74) is 1.38. The number of aromatic amines is 1. The van der Waals surface area contributed by atoms with Crippen LogP contribution in [0.5, 0.6) is 0 Å². The second-order valence-corrected chi connectivity index (χ2v) is 7.28. The molecule has 1 fully saturated rings. The molecule has 6 nitrogen and oxygen atoms in total. The molecule has 1 aliphatic rings. The Balaban J connectivity index is 2.04. The second kappa shape index (κ2) is 6.65. The molecule has 0 spiro atoms. The van der Waals surface area contributed by atoms with Gasteiger partial charge in [-0.1, -0.05) is 34.8 Å². The fourth-order valence-corrected chi connectivity index (χ4v) is 2.76. The normalized spacial score (nSPS) is 15.7. The fourth-order valence-electron chi connectivity index (χ4n) is 2.34. The summed E-state index contributed by atoms with van der Waals surface area (Å²) in [6.07, 6.45) is 1.64. The minimum atomic E-state index is -1.63. The van der Waals surface area contributed by atoms with Crippen molar-refractivity contribution in [3.8, 4) is 11.3 Å². The lowest BCUT2D eigenvalue weighted by Gasteiger charge is -2.31. The van der Waals surface area contributed by atoms with Gasteiger partial charge in [-0.2, -0.15) is 5.10 Å². The number of alkyl halides is 3. The molecule has 122 valence electrons. The Morgan fingerprint density at radius 2 is 1.96 bits per heavy atom. The quantitative estimate of drug-likeness (QED) is 0.817. The summed E-state index contributed by atoms with van der Waals surface area (Å²) in [6.45, 7) is 2.56. The highest BCUT2D eigenvalue weighted by Gasteiger charge is 2.30. The average molecular weight is 376 g/mol. The smallest absolute Gasteiger partial charge is 0.264 e. The summed E-state index contributed by atoms with van der Waals surface area (Å²) in [5, 5.41) is 6.35. The first-order valence-electron chi connectivity index (χ1n) is 6.91. The average Bonchev–Trinajstić information content (AvgIpc) is 2.55. The maximum Gasteiger partial charge on any atom is 0.264 e. The van der Waals surface area contributed by atoms with Crippen LogP contribution in [0, 0.1) is 0 Å². The summed E-state index contributed by atoms with van der Waals surface area (Å²) < 4.78 is 3.71. The number of H-pyrrole nitrogens is 1. The molecule has 1 saturated heterocycles. The van der Waals surface area contributed by atoms with Crippen LogP contribution in [0.25, 0.3) is 11.3 Å². The highest BCUT2D eigenvalue weighted by Crippen LogP contribution is 2.43. The molecule has 0 unspecified atom stereocenters. The fraction of sp³-hybridized carbons (Fsp3) is 0.357. The molecule has 1 aliphatic heterocycles. The minimum Gasteiger partial charge on any atom is -0.378 e. The number of anilines is 1. The number of pyridine rings is 1. The van der Waals surface area contributed by atoms with Crippen molar-refractivity contribution in [2.24, 2.45) is 0 Å². The number of aromatic nitrogens is 3. The van der Waals surface area contributed by atoms with Crippen LogP contribution in [-0.4, -0.2) is 41.5 Å². The van der Waals surface area contributed by atoms with Gasteiger partial charge < -0.3 is 9.64 Å². The van der Waals surface area contributed by atoms with Crippen LogP contribution >= 0.6 is 34.8 Å². The van der Waals surface area contributed by atoms with Crippen LogP contribution < -0.4 is 10.5 Å². The Labute approximate surface area is 147 Å². The zero-order valence-corrected chi connectivity index (χ0v) is 14.2. The Bertz CT molecular complexity index is 734. The second-order valence-electron chi connectivity index (χ2n) is 5.00. The molecular weight excluding hydrogens is 363 g/mol. The van der Waals surface area contributed by atoms with Gasteiger partial charge in [-0.05, 0) is 12.1 Å². The number of ether oxygens (including phenoxy) is 1. The lowest BCUT2D eigenvalue weighted by molar-refractivity contribution is 0.122. The number of hydrogen-bond acceptors (Lipinski definition) is 5. The predicted molar refractivity (Wildman–Crippen MR) is 90.4 cm³/mol. The molecule has 0 atom stereocenters. The molecule has 0 aromatic carbocycles. The van der Waals surface area contributed by atoms with Gasteiger partial charge in [0.2, 0.25) is 3.79 Å². The van der Waals surface area contributed by atoms with Crippen molar-refractivity contribution in [1.29, 1.82) is 0 Å². The molecule has 23 heavy (non-hydrogen) atoms. The van der Waals surface area contributed by atoms with Gasteiger partial charge in [0.05, 0.1) is 18.9 Å². The molecule has 0 amide bonds. The van der Waals surface area contributed by atoms with Gasteiger partial charge in [-0.25, -0.2) is 10.1 Å². The van der Waals surface area contributed by atoms with E-state index in [0.29, 0.717) is 48.9 Å². The van der Waals surface area contributed by atoms with E-state index in [9.17, 15) is 4.79 Å². The van der Waals surface area contributed by atoms with Crippen molar-refractivity contribution in [3.05, 3.63) is 40.3 Å². The molecule has 0 radical (unpaired) electrons. The molecule has 0 saturated carbocycles. The van der Waals surface area contributed by atoms with Crippen molar-refractivity contribution in [2.75, 3.05) is 31.2 Å². The Hall–Kier alpha value is -1.34. The van der Waals surface area contributed by atoms with E-state index in [1.54, 1.807) is 18.3 Å². The molecule has 3 heterocycles. The van der Waals surface area contributed by atoms with E-state index in [-0.39, 0.29) is 5.56 Å². The molecule has 0 aliphatic carbocycles. The molecule has 2 aromatic heterocycles. The lowest BCUT2D eigenvalue weighted by atomic mass is 10.1. The highest BCUT2D eigenvalue weighted by molar-refractivity contribution is 6.67. The van der Waals surface area contributed by atoms with Crippen molar-refractivity contribution in [1.82, 2.24) is 15.2 Å². The van der Waals surface area contributed by atoms with Crippen LogP contribution in [0.2, 0.25) is 0 Å². The first-order valence-corrected chi connectivity index (χ1v) is 8.04. The molecular formula is C14H13Cl3N4O2. The van der Waals surface area contributed by atoms with Crippen molar-refractivity contribution < 1.29 is 4.74 Å². The van der Waals surface area contributed by atoms with Gasteiger partial charge in [0.25, 0.3) is 5.56 Å². The third kappa shape index (κ3) is 3.77. The Morgan fingerprint density at radius 3 is 2.57 bits per heavy atom. The van der Waals surface area contributed by atoms with Crippen LogP contribution in [-0.2, 0) is 8.53 Å². The number of morpholine rings is 1. The molecule has 0 bridgehead atoms. The lowest BCUT2D eigenvalue weighted by Crippen LogP contribution is -2.37. The molecule has 9 heteroatoms. The third-order valence-electron chi connectivity index (χ3n) is 3.46. The SMILES string of the molecule is O=c1ccc(-c2cnc(N3CCOCC3)c(C(Cl)(Cl)Cl)c2)n[nH]1. The third-order valence-corrected chi connectivity index (χ3v) is 4.07. The number of nitrogens with one attached hydrogen (secondary N) is 1. The Morgan fingerprint density at radius 1 is 1.22 bits per heavy atom. The largest absolute Gasteiger partial charge is 0.378 e. The molecule has 3 rings (SSSR count). The maximum atomic E-state index is 11.1. The zero-order chi connectivity index (χ0) is 16.4. The van der Waals surface area contributed by atoms with E-state index in [1.165, 1.54) is 6.07 Å². The number of nitrogens with zero attached hydrogens (tertiary/aromatic N) is 3. The topological polar surface area (TPSA) is 71.1 Å². The summed E-state index contributed by atoms with van der Waals surface area (Å²) in [5.74, 6) is 0.612. The van der Waals surface area contributed by atoms with Crippen LogP contribution in [0.4, 0.5) is 5.82 Å². The minimum absolute atomic E-state index is 0.284. The van der Waals surface area contributed by atoms with Crippen molar-refractivity contribution in [3.63, 3.8) is 0 Å². The monoisotopic (exact) mass is 374 g/mol. The van der Waals surface area contributed by atoms with E-state index in [0.717, 1.165) is 0 Å². The molecule has 1 N–H and O–H groups in total. The van der Waals surface area contributed by atoms with Gasteiger partial charge in [-0.15, -0.1) is 0 Å². The number of rotatable bonds is 2. The Kier molecular flexibility index (Phi) is 4.77. The summed E-state index contributed by atoms with van der Waals surface area (Å²) >= 11 is 18.4. The number of hydrogen-bond donors (Lipinski definition) is 1. The first-order chi connectivity index (χ1) is 10.9. The summed E-state index contributed by atoms with van der Waals surface area (Å²) in [6, 6.07) is 4.70. The zero-order valence-electron chi connectivity index (χ0n) is 11.9. The predicted octanol–water partition coefficient (Wildman–Crippen LogP) is 2.50. The maximum absolute atomic E-state index is 11.1. The van der Waals surface area contributed by atoms with E-state index in [1.807, 2.05) is 4.90 Å². The van der Waals surface area contributed by atoms with E-state index >= 15 is 0 Å². The first kappa shape index (κ1) is 16.5. The summed E-state index contributed by atoms with van der Waals surface area (Å²) in [4.78, 5) is 17.6. The van der Waals surface area contributed by atoms with Gasteiger partial charge in [0, 0.05) is 36.5 Å². The van der Waals surface area contributed by atoms with E-state index < -0.39 is 3.79 Å². The van der Waals surface area contributed by atoms with Gasteiger partial charge in [-0.3, -0.25) is 4.79 Å². The summed E-state index contributed by atoms with van der Waals surface area (Å²) in [7, 11) is 0. The van der Waals surface area contributed by atoms with Gasteiger partial charge in [0.15, 0.2) is 0 Å². The standard InChI is InChI=1S/C14H13Cl3N4O2/c15-14(16,17)10-7-9(11-1-2-12(22)20-19-11)8-18-13(10)21-3-5-23-6-4-21/h1-2,7-8H,3-6H2,(H,20,22). The van der Waals surface area contributed by atoms with Crippen molar-refractivity contribution in [2.45, 2.75) is 3.79 Å². The van der Waals surface area contributed by atoms with Crippen LogP contribution in [0.3, 0.4) is 0 Å². The highest BCUT2D eigenvalue weighted by atomic mass is 35.6. The molecule has 2 aromatic rings. The van der Waals surface area contributed by atoms with Crippen LogP contribution in [0.15, 0.2) is 29.2 Å². The number of halogens is 3.